The number of hydrogen-bond donors (Lipinski definition) is 0. The van der Waals surface area contributed by atoms with Crippen molar-refractivity contribution in [2.45, 2.75) is 38.0 Å². The summed E-state index contributed by atoms with van der Waals surface area (Å²) < 4.78 is 24.7. The monoisotopic (exact) mass is 250 g/mol. The van der Waals surface area contributed by atoms with Gasteiger partial charge in [-0.3, -0.25) is 0 Å². The first-order valence-corrected chi connectivity index (χ1v) is 7.39. The van der Waals surface area contributed by atoms with Gasteiger partial charge in [0, 0.05) is 4.91 Å². The zero-order chi connectivity index (χ0) is 12.5. The van der Waals surface area contributed by atoms with Crippen molar-refractivity contribution in [1.29, 1.82) is 0 Å². The molecule has 1 aliphatic rings. The number of benzene rings is 1. The molecule has 1 aliphatic carbocycles. The third-order valence-electron chi connectivity index (χ3n) is 3.33. The van der Waals surface area contributed by atoms with Crippen molar-refractivity contribution in [1.82, 2.24) is 0 Å². The van der Waals surface area contributed by atoms with Crippen molar-refractivity contribution in [3.63, 3.8) is 0 Å². The van der Waals surface area contributed by atoms with E-state index in [4.69, 9.17) is 0 Å². The zero-order valence-electron chi connectivity index (χ0n) is 10.3. The van der Waals surface area contributed by atoms with Gasteiger partial charge >= 0.3 is 0 Å². The third kappa shape index (κ3) is 2.60. The molecule has 0 bridgehead atoms. The molecule has 3 heteroatoms. The first-order valence-electron chi connectivity index (χ1n) is 5.91. The molecule has 1 aromatic carbocycles. The van der Waals surface area contributed by atoms with Gasteiger partial charge in [-0.2, -0.15) is 0 Å². The average Bonchev–Trinajstić information content (AvgIpc) is 2.29. The normalized spacial score (nSPS) is 19.8. The van der Waals surface area contributed by atoms with Gasteiger partial charge in [0.2, 0.25) is 9.84 Å². The molecule has 1 aromatic rings. The van der Waals surface area contributed by atoms with Crippen LogP contribution >= 0.6 is 0 Å². The van der Waals surface area contributed by atoms with Gasteiger partial charge < -0.3 is 0 Å². The van der Waals surface area contributed by atoms with Crippen molar-refractivity contribution in [3.05, 3.63) is 41.3 Å². The molecule has 2 nitrogen and oxygen atoms in total. The third-order valence-corrected chi connectivity index (χ3v) is 5.28. The molecule has 17 heavy (non-hydrogen) atoms. The predicted octanol–water partition coefficient (Wildman–Crippen LogP) is 3.55. The molecule has 0 unspecified atom stereocenters. The standard InChI is InChI=1S/C14H18O2S/c1-14(2)10-8-13(9-11-14)17(15,16)12-6-4-3-5-7-12/h3-8H,9-11H2,1-2H3. The topological polar surface area (TPSA) is 34.1 Å². The van der Waals surface area contributed by atoms with E-state index >= 15 is 0 Å². The molecule has 0 atom stereocenters. The fraction of sp³-hybridized carbons (Fsp3) is 0.429. The lowest BCUT2D eigenvalue weighted by Crippen LogP contribution is -2.18. The van der Waals surface area contributed by atoms with Crippen molar-refractivity contribution < 1.29 is 8.42 Å². The lowest BCUT2D eigenvalue weighted by molar-refractivity contribution is 0.328. The summed E-state index contributed by atoms with van der Waals surface area (Å²) in [5.41, 5.74) is 0.232. The van der Waals surface area contributed by atoms with Crippen LogP contribution in [0, 0.1) is 5.41 Å². The summed E-state index contributed by atoms with van der Waals surface area (Å²) in [6.07, 6.45) is 4.33. The molecular weight excluding hydrogens is 232 g/mol. The first-order chi connectivity index (χ1) is 7.92. The van der Waals surface area contributed by atoms with Crippen molar-refractivity contribution in [3.8, 4) is 0 Å². The minimum Gasteiger partial charge on any atom is -0.219 e. The Morgan fingerprint density at radius 1 is 1.12 bits per heavy atom. The highest BCUT2D eigenvalue weighted by molar-refractivity contribution is 7.95. The Balaban J connectivity index is 2.33. The van der Waals surface area contributed by atoms with Gasteiger partial charge in [0.1, 0.15) is 0 Å². The molecule has 0 amide bonds. The van der Waals surface area contributed by atoms with Crippen LogP contribution in [0.25, 0.3) is 0 Å². The van der Waals surface area contributed by atoms with Gasteiger partial charge in [0.25, 0.3) is 0 Å². The maximum Gasteiger partial charge on any atom is 0.202 e. The maximum absolute atomic E-state index is 12.3. The Morgan fingerprint density at radius 3 is 2.29 bits per heavy atom. The van der Waals surface area contributed by atoms with Gasteiger partial charge in [0.05, 0.1) is 4.90 Å². The molecule has 0 aliphatic heterocycles. The van der Waals surface area contributed by atoms with Crippen LogP contribution in [0.5, 0.6) is 0 Å². The molecule has 0 aromatic heterocycles. The van der Waals surface area contributed by atoms with Crippen LogP contribution < -0.4 is 0 Å². The summed E-state index contributed by atoms with van der Waals surface area (Å²) in [4.78, 5) is 0.994. The summed E-state index contributed by atoms with van der Waals surface area (Å²) >= 11 is 0. The fourth-order valence-corrected chi connectivity index (χ4v) is 3.54. The molecule has 0 saturated carbocycles. The average molecular weight is 250 g/mol. The van der Waals surface area contributed by atoms with E-state index < -0.39 is 9.84 Å². The molecule has 0 saturated heterocycles. The van der Waals surface area contributed by atoms with Crippen LogP contribution in [0.1, 0.15) is 33.1 Å². The summed E-state index contributed by atoms with van der Waals surface area (Å²) in [5, 5.41) is 0. The molecule has 0 fully saturated rings. The molecule has 0 spiro atoms. The zero-order valence-corrected chi connectivity index (χ0v) is 11.1. The maximum atomic E-state index is 12.3. The van der Waals surface area contributed by atoms with E-state index in [0.29, 0.717) is 16.2 Å². The van der Waals surface area contributed by atoms with Gasteiger partial charge in [-0.15, -0.1) is 0 Å². The second kappa shape index (κ2) is 4.30. The smallest absolute Gasteiger partial charge is 0.202 e. The van der Waals surface area contributed by atoms with Crippen molar-refractivity contribution in [2.75, 3.05) is 0 Å². The van der Waals surface area contributed by atoms with E-state index in [1.54, 1.807) is 24.3 Å². The molecular formula is C14H18O2S. The lowest BCUT2D eigenvalue weighted by atomic mass is 9.81. The molecule has 0 N–H and O–H groups in total. The second-order valence-corrected chi connectivity index (χ2v) is 7.36. The Hall–Kier alpha value is -1.09. The van der Waals surface area contributed by atoms with E-state index in [1.807, 2.05) is 12.1 Å². The van der Waals surface area contributed by atoms with E-state index in [1.165, 1.54) is 0 Å². The highest BCUT2D eigenvalue weighted by Crippen LogP contribution is 2.37. The Morgan fingerprint density at radius 2 is 1.76 bits per heavy atom. The molecule has 0 radical (unpaired) electrons. The quantitative estimate of drug-likeness (QED) is 0.804. The lowest BCUT2D eigenvalue weighted by Gasteiger charge is -2.28. The van der Waals surface area contributed by atoms with Crippen LogP contribution in [-0.4, -0.2) is 8.42 Å². The first kappa shape index (κ1) is 12.4. The van der Waals surface area contributed by atoms with Crippen LogP contribution in [0.15, 0.2) is 46.2 Å². The Bertz CT molecular complexity index is 525. The van der Waals surface area contributed by atoms with Crippen LogP contribution in [0.4, 0.5) is 0 Å². The van der Waals surface area contributed by atoms with E-state index in [0.717, 1.165) is 12.8 Å². The van der Waals surface area contributed by atoms with Crippen molar-refractivity contribution >= 4 is 9.84 Å². The minimum absolute atomic E-state index is 0.232. The molecule has 92 valence electrons. The van der Waals surface area contributed by atoms with Gasteiger partial charge in [0.15, 0.2) is 0 Å². The summed E-state index contributed by atoms with van der Waals surface area (Å²) in [5.74, 6) is 0. The Labute approximate surface area is 103 Å². The molecule has 2 rings (SSSR count). The van der Waals surface area contributed by atoms with E-state index in [9.17, 15) is 8.42 Å². The van der Waals surface area contributed by atoms with E-state index in [2.05, 4.69) is 13.8 Å². The van der Waals surface area contributed by atoms with E-state index in [-0.39, 0.29) is 5.41 Å². The number of allylic oxidation sites excluding steroid dienone is 2. The fourth-order valence-electron chi connectivity index (χ4n) is 2.05. The highest BCUT2D eigenvalue weighted by Gasteiger charge is 2.28. The summed E-state index contributed by atoms with van der Waals surface area (Å²) in [6, 6.07) is 8.68. The van der Waals surface area contributed by atoms with Crippen LogP contribution in [-0.2, 0) is 9.84 Å². The molecule has 0 heterocycles. The van der Waals surface area contributed by atoms with Gasteiger partial charge in [-0.25, -0.2) is 8.42 Å². The van der Waals surface area contributed by atoms with Crippen LogP contribution in [0.3, 0.4) is 0 Å². The number of sulfone groups is 1. The minimum atomic E-state index is -3.25. The number of rotatable bonds is 2. The van der Waals surface area contributed by atoms with Gasteiger partial charge in [-0.05, 0) is 36.8 Å². The van der Waals surface area contributed by atoms with Crippen molar-refractivity contribution in [2.24, 2.45) is 5.41 Å². The SMILES string of the molecule is CC1(C)CC=C(S(=O)(=O)c2ccccc2)CC1. The van der Waals surface area contributed by atoms with Gasteiger partial charge in [-0.1, -0.05) is 38.1 Å². The number of hydrogen-bond acceptors (Lipinski definition) is 2. The largest absolute Gasteiger partial charge is 0.219 e. The van der Waals surface area contributed by atoms with Crippen LogP contribution in [0.2, 0.25) is 0 Å². The second-order valence-electron chi connectivity index (χ2n) is 5.36. The predicted molar refractivity (Wildman–Crippen MR) is 69.3 cm³/mol. The summed E-state index contributed by atoms with van der Waals surface area (Å²) in [7, 11) is -3.25. The summed E-state index contributed by atoms with van der Waals surface area (Å²) in [6.45, 7) is 4.35. The highest BCUT2D eigenvalue weighted by atomic mass is 32.2. The Kier molecular flexibility index (Phi) is 3.13.